The Bertz CT molecular complexity index is 562. The second kappa shape index (κ2) is 3.93. The summed E-state index contributed by atoms with van der Waals surface area (Å²) in [5.41, 5.74) is 0.749. The molecule has 2 aromatic rings. The second-order valence-electron chi connectivity index (χ2n) is 6.09. The van der Waals surface area contributed by atoms with E-state index in [9.17, 15) is 0 Å². The van der Waals surface area contributed by atoms with E-state index >= 15 is 0 Å². The van der Waals surface area contributed by atoms with Crippen LogP contribution in [0.15, 0.2) is 12.1 Å². The molecule has 2 heterocycles. The largest absolute Gasteiger partial charge is 0.368 e. The van der Waals surface area contributed by atoms with E-state index in [0.717, 1.165) is 29.8 Å². The zero-order valence-electron chi connectivity index (χ0n) is 11.1. The Kier molecular flexibility index (Phi) is 2.50. The molecule has 96 valence electrons. The summed E-state index contributed by atoms with van der Waals surface area (Å²) >= 11 is 0. The summed E-state index contributed by atoms with van der Waals surface area (Å²) in [5, 5.41) is 16.4. The molecule has 0 unspecified atom stereocenters. The van der Waals surface area contributed by atoms with Crippen molar-refractivity contribution in [3.8, 4) is 0 Å². The first-order valence-electron chi connectivity index (χ1n) is 6.51. The molecule has 0 radical (unpaired) electrons. The van der Waals surface area contributed by atoms with Crippen LogP contribution in [0.5, 0.6) is 0 Å². The number of anilines is 1. The van der Waals surface area contributed by atoms with Crippen LogP contribution in [0.1, 0.15) is 39.4 Å². The summed E-state index contributed by atoms with van der Waals surface area (Å²) in [6.45, 7) is 7.38. The highest BCUT2D eigenvalue weighted by Gasteiger charge is 2.23. The Labute approximate surface area is 107 Å². The maximum Gasteiger partial charge on any atom is 0.178 e. The number of nitrogens with zero attached hydrogens (tertiary/aromatic N) is 4. The summed E-state index contributed by atoms with van der Waals surface area (Å²) in [4.78, 5) is 0. The topological polar surface area (TPSA) is 55.1 Å². The first-order valence-corrected chi connectivity index (χ1v) is 6.51. The van der Waals surface area contributed by atoms with Crippen molar-refractivity contribution in [2.24, 2.45) is 5.92 Å². The Morgan fingerprint density at radius 3 is 2.72 bits per heavy atom. The van der Waals surface area contributed by atoms with Gasteiger partial charge in [-0.05, 0) is 30.9 Å². The lowest BCUT2D eigenvalue weighted by atomic mass is 9.96. The van der Waals surface area contributed by atoms with E-state index in [-0.39, 0.29) is 5.41 Å². The first kappa shape index (κ1) is 11.4. The third-order valence-electron chi connectivity index (χ3n) is 3.20. The van der Waals surface area contributed by atoms with Gasteiger partial charge in [-0.15, -0.1) is 15.3 Å². The number of hydrogen-bond donors (Lipinski definition) is 1. The van der Waals surface area contributed by atoms with E-state index < -0.39 is 0 Å². The van der Waals surface area contributed by atoms with Crippen LogP contribution in [0.4, 0.5) is 5.82 Å². The van der Waals surface area contributed by atoms with Crippen molar-refractivity contribution in [1.82, 2.24) is 19.8 Å². The van der Waals surface area contributed by atoms with Crippen LogP contribution in [0, 0.1) is 5.92 Å². The van der Waals surface area contributed by atoms with Gasteiger partial charge in [-0.3, -0.25) is 0 Å². The molecule has 0 aromatic carbocycles. The summed E-state index contributed by atoms with van der Waals surface area (Å²) in [6, 6.07) is 3.93. The zero-order chi connectivity index (χ0) is 12.8. The lowest BCUT2D eigenvalue weighted by molar-refractivity contribution is 0.527. The summed E-state index contributed by atoms with van der Waals surface area (Å²) in [5.74, 6) is 2.64. The normalized spacial score (nSPS) is 16.2. The van der Waals surface area contributed by atoms with Crippen LogP contribution in [-0.4, -0.2) is 26.4 Å². The van der Waals surface area contributed by atoms with Crippen molar-refractivity contribution in [1.29, 1.82) is 0 Å². The molecule has 5 heteroatoms. The van der Waals surface area contributed by atoms with Gasteiger partial charge in [0.25, 0.3) is 0 Å². The molecule has 0 atom stereocenters. The highest BCUT2D eigenvalue weighted by molar-refractivity contribution is 5.44. The van der Waals surface area contributed by atoms with Crippen LogP contribution in [0.2, 0.25) is 0 Å². The van der Waals surface area contributed by atoms with Crippen molar-refractivity contribution >= 4 is 11.5 Å². The highest BCUT2D eigenvalue weighted by atomic mass is 15.4. The molecule has 5 nitrogen and oxygen atoms in total. The van der Waals surface area contributed by atoms with E-state index in [1.807, 2.05) is 16.6 Å². The Hall–Kier alpha value is -1.65. The van der Waals surface area contributed by atoms with Crippen LogP contribution < -0.4 is 5.32 Å². The standard InChI is InChI=1S/C13H19N5/c1-13(2,3)12-16-15-11-7-6-10(17-18(11)12)14-8-9-4-5-9/h6-7,9H,4-5,8H2,1-3H3,(H,14,17). The highest BCUT2D eigenvalue weighted by Crippen LogP contribution is 2.28. The van der Waals surface area contributed by atoms with Crippen molar-refractivity contribution in [3.05, 3.63) is 18.0 Å². The molecule has 1 saturated carbocycles. The van der Waals surface area contributed by atoms with E-state index in [1.54, 1.807) is 0 Å². The maximum absolute atomic E-state index is 4.58. The van der Waals surface area contributed by atoms with Gasteiger partial charge in [-0.2, -0.15) is 4.52 Å². The Balaban J connectivity index is 1.92. The molecule has 0 bridgehead atoms. The Morgan fingerprint density at radius 2 is 2.06 bits per heavy atom. The number of nitrogens with one attached hydrogen (secondary N) is 1. The summed E-state index contributed by atoms with van der Waals surface area (Å²) < 4.78 is 1.84. The van der Waals surface area contributed by atoms with Gasteiger partial charge in [0.15, 0.2) is 11.5 Å². The molecule has 1 fully saturated rings. The lowest BCUT2D eigenvalue weighted by Gasteiger charge is -2.15. The molecule has 1 N–H and O–H groups in total. The minimum Gasteiger partial charge on any atom is -0.368 e. The minimum atomic E-state index is -0.0540. The molecule has 1 aliphatic rings. The zero-order valence-corrected chi connectivity index (χ0v) is 11.1. The monoisotopic (exact) mass is 245 g/mol. The van der Waals surface area contributed by atoms with E-state index in [0.29, 0.717) is 0 Å². The molecule has 0 saturated heterocycles. The van der Waals surface area contributed by atoms with Crippen LogP contribution in [0.3, 0.4) is 0 Å². The third-order valence-corrected chi connectivity index (χ3v) is 3.20. The summed E-state index contributed by atoms with van der Waals surface area (Å²) in [6.07, 6.45) is 2.68. The minimum absolute atomic E-state index is 0.0540. The van der Waals surface area contributed by atoms with Gasteiger partial charge in [0, 0.05) is 12.0 Å². The molecule has 2 aromatic heterocycles. The van der Waals surface area contributed by atoms with E-state index in [1.165, 1.54) is 12.8 Å². The van der Waals surface area contributed by atoms with Crippen LogP contribution >= 0.6 is 0 Å². The predicted molar refractivity (Wildman–Crippen MR) is 70.7 cm³/mol. The molecule has 18 heavy (non-hydrogen) atoms. The van der Waals surface area contributed by atoms with Crippen molar-refractivity contribution in [2.75, 3.05) is 11.9 Å². The number of aromatic nitrogens is 4. The summed E-state index contributed by atoms with van der Waals surface area (Å²) in [7, 11) is 0. The number of fused-ring (bicyclic) bond motifs is 1. The molecule has 0 aliphatic heterocycles. The molecule has 1 aliphatic carbocycles. The van der Waals surface area contributed by atoms with Crippen LogP contribution in [-0.2, 0) is 5.41 Å². The van der Waals surface area contributed by atoms with Gasteiger partial charge < -0.3 is 5.32 Å². The molecule has 0 amide bonds. The SMILES string of the molecule is CC(C)(C)c1nnc2ccc(NCC3CC3)nn12. The van der Waals surface area contributed by atoms with E-state index in [2.05, 4.69) is 41.4 Å². The fraction of sp³-hybridized carbons (Fsp3) is 0.615. The van der Waals surface area contributed by atoms with Gasteiger partial charge in [0.1, 0.15) is 5.82 Å². The fourth-order valence-electron chi connectivity index (χ4n) is 1.92. The lowest BCUT2D eigenvalue weighted by Crippen LogP contribution is -2.17. The van der Waals surface area contributed by atoms with Crippen molar-refractivity contribution < 1.29 is 0 Å². The smallest absolute Gasteiger partial charge is 0.178 e. The van der Waals surface area contributed by atoms with Crippen molar-refractivity contribution in [3.63, 3.8) is 0 Å². The fourth-order valence-corrected chi connectivity index (χ4v) is 1.92. The Morgan fingerprint density at radius 1 is 1.28 bits per heavy atom. The molecule has 0 spiro atoms. The van der Waals surface area contributed by atoms with Gasteiger partial charge in [0.2, 0.25) is 0 Å². The van der Waals surface area contributed by atoms with Gasteiger partial charge in [-0.1, -0.05) is 20.8 Å². The number of rotatable bonds is 3. The van der Waals surface area contributed by atoms with Gasteiger partial charge in [0.05, 0.1) is 0 Å². The number of hydrogen-bond acceptors (Lipinski definition) is 4. The molecule has 3 rings (SSSR count). The maximum atomic E-state index is 4.58. The van der Waals surface area contributed by atoms with E-state index in [4.69, 9.17) is 0 Å². The van der Waals surface area contributed by atoms with Gasteiger partial charge >= 0.3 is 0 Å². The van der Waals surface area contributed by atoms with Crippen molar-refractivity contribution in [2.45, 2.75) is 39.0 Å². The predicted octanol–water partition coefficient (Wildman–Crippen LogP) is 2.24. The average Bonchev–Trinajstić information content (AvgIpc) is 3.02. The average molecular weight is 245 g/mol. The van der Waals surface area contributed by atoms with Gasteiger partial charge in [-0.25, -0.2) is 0 Å². The second-order valence-corrected chi connectivity index (χ2v) is 6.09. The molecular weight excluding hydrogens is 226 g/mol. The first-order chi connectivity index (χ1) is 8.54. The third kappa shape index (κ3) is 2.17. The molecular formula is C13H19N5. The van der Waals surface area contributed by atoms with Crippen LogP contribution in [0.25, 0.3) is 5.65 Å². The quantitative estimate of drug-likeness (QED) is 0.901.